The van der Waals surface area contributed by atoms with E-state index in [9.17, 15) is 4.79 Å². The van der Waals surface area contributed by atoms with Gasteiger partial charge in [0.15, 0.2) is 0 Å². The van der Waals surface area contributed by atoms with Gasteiger partial charge in [-0.05, 0) is 25.3 Å². The summed E-state index contributed by atoms with van der Waals surface area (Å²) in [6.07, 6.45) is 1.93. The number of aliphatic carboxylic acids is 1. The second-order valence-electron chi connectivity index (χ2n) is 3.28. The smallest absolute Gasteiger partial charge is 0.306 e. The van der Waals surface area contributed by atoms with Gasteiger partial charge in [0.25, 0.3) is 0 Å². The molecule has 64 valence electrons. The normalized spacial score (nSPS) is 40.2. The van der Waals surface area contributed by atoms with Crippen molar-refractivity contribution in [1.29, 1.82) is 0 Å². The minimum atomic E-state index is -0.603. The molecule has 1 aliphatic heterocycles. The molecular formula is C7H12ClNO2. The third kappa shape index (κ3) is 1.35. The van der Waals surface area contributed by atoms with E-state index in [0.717, 1.165) is 19.4 Å². The SMILES string of the molecule is Cl.O=C(O)C1CC2CC1CN2. The molecule has 0 aromatic rings. The van der Waals surface area contributed by atoms with E-state index in [2.05, 4.69) is 5.32 Å². The zero-order valence-electron chi connectivity index (χ0n) is 6.12. The summed E-state index contributed by atoms with van der Waals surface area (Å²) in [5.41, 5.74) is 0. The molecule has 1 heterocycles. The quantitative estimate of drug-likeness (QED) is 0.613. The number of carboxylic acids is 1. The van der Waals surface area contributed by atoms with Crippen LogP contribution in [0.5, 0.6) is 0 Å². The van der Waals surface area contributed by atoms with E-state index < -0.39 is 5.97 Å². The van der Waals surface area contributed by atoms with Gasteiger partial charge < -0.3 is 10.4 Å². The predicted octanol–water partition coefficient (Wildman–Crippen LogP) is 0.491. The lowest BCUT2D eigenvalue weighted by molar-refractivity contribution is -0.143. The summed E-state index contributed by atoms with van der Waals surface area (Å²) in [5, 5.41) is 12.0. The Bertz CT molecular complexity index is 174. The standard InChI is InChI=1S/C7H11NO2.ClH/c9-7(10)6-2-5-1-4(6)3-8-5;/h4-6,8H,1-3H2,(H,9,10);1H. The van der Waals surface area contributed by atoms with E-state index in [1.54, 1.807) is 0 Å². The van der Waals surface area contributed by atoms with E-state index >= 15 is 0 Å². The Hall–Kier alpha value is -0.280. The van der Waals surface area contributed by atoms with Crippen LogP contribution in [-0.4, -0.2) is 23.7 Å². The third-order valence-electron chi connectivity index (χ3n) is 2.68. The van der Waals surface area contributed by atoms with Gasteiger partial charge in [0, 0.05) is 6.04 Å². The maximum absolute atomic E-state index is 10.6. The van der Waals surface area contributed by atoms with Crippen LogP contribution >= 0.6 is 12.4 Å². The fourth-order valence-corrected chi connectivity index (χ4v) is 2.14. The molecule has 3 nitrogen and oxygen atoms in total. The van der Waals surface area contributed by atoms with Gasteiger partial charge in [-0.3, -0.25) is 4.79 Å². The number of hydrogen-bond acceptors (Lipinski definition) is 2. The molecule has 2 N–H and O–H groups in total. The van der Waals surface area contributed by atoms with Crippen LogP contribution in [0.2, 0.25) is 0 Å². The van der Waals surface area contributed by atoms with Gasteiger partial charge >= 0.3 is 5.97 Å². The highest BCUT2D eigenvalue weighted by Crippen LogP contribution is 2.36. The van der Waals surface area contributed by atoms with Crippen molar-refractivity contribution < 1.29 is 9.90 Å². The van der Waals surface area contributed by atoms with Crippen molar-refractivity contribution in [3.05, 3.63) is 0 Å². The molecule has 4 heteroatoms. The molecule has 2 bridgehead atoms. The molecule has 0 radical (unpaired) electrons. The van der Waals surface area contributed by atoms with Gasteiger partial charge in [0.1, 0.15) is 0 Å². The first-order valence-corrected chi connectivity index (χ1v) is 3.73. The monoisotopic (exact) mass is 177 g/mol. The first-order valence-electron chi connectivity index (χ1n) is 3.73. The summed E-state index contributed by atoms with van der Waals surface area (Å²) < 4.78 is 0. The number of piperidine rings is 1. The van der Waals surface area contributed by atoms with Gasteiger partial charge in [-0.1, -0.05) is 0 Å². The Morgan fingerprint density at radius 1 is 1.45 bits per heavy atom. The van der Waals surface area contributed by atoms with Gasteiger partial charge in [0.2, 0.25) is 0 Å². The number of halogens is 1. The minimum absolute atomic E-state index is 0. The summed E-state index contributed by atoms with van der Waals surface area (Å²) in [7, 11) is 0. The lowest BCUT2D eigenvalue weighted by atomic mass is 9.96. The zero-order chi connectivity index (χ0) is 7.14. The topological polar surface area (TPSA) is 49.3 Å². The van der Waals surface area contributed by atoms with E-state index in [0.29, 0.717) is 12.0 Å². The van der Waals surface area contributed by atoms with E-state index in [-0.39, 0.29) is 18.3 Å². The summed E-state index contributed by atoms with van der Waals surface area (Å²) in [6, 6.07) is 0.506. The van der Waals surface area contributed by atoms with E-state index in [4.69, 9.17) is 5.11 Å². The fourth-order valence-electron chi connectivity index (χ4n) is 2.14. The first-order chi connectivity index (χ1) is 4.77. The molecule has 2 aliphatic rings. The van der Waals surface area contributed by atoms with Crippen LogP contribution in [0.1, 0.15) is 12.8 Å². The van der Waals surface area contributed by atoms with Gasteiger partial charge in [-0.25, -0.2) is 0 Å². The van der Waals surface area contributed by atoms with Crippen molar-refractivity contribution >= 4 is 18.4 Å². The minimum Gasteiger partial charge on any atom is -0.481 e. The summed E-state index contributed by atoms with van der Waals surface area (Å²) in [4.78, 5) is 10.6. The average molecular weight is 178 g/mol. The second kappa shape index (κ2) is 2.99. The number of carbonyl (C=O) groups is 1. The molecular weight excluding hydrogens is 166 g/mol. The van der Waals surface area contributed by atoms with E-state index in [1.165, 1.54) is 0 Å². The second-order valence-corrected chi connectivity index (χ2v) is 3.28. The lowest BCUT2D eigenvalue weighted by Gasteiger charge is -2.17. The Morgan fingerprint density at radius 3 is 2.45 bits per heavy atom. The summed E-state index contributed by atoms with van der Waals surface area (Å²) >= 11 is 0. The predicted molar refractivity (Wildman–Crippen MR) is 42.9 cm³/mol. The van der Waals surface area contributed by atoms with Gasteiger partial charge in [0.05, 0.1) is 5.92 Å². The molecule has 2 rings (SSSR count). The van der Waals surface area contributed by atoms with Crippen LogP contribution in [0.3, 0.4) is 0 Å². The van der Waals surface area contributed by atoms with Crippen LogP contribution in [0.15, 0.2) is 0 Å². The lowest BCUT2D eigenvalue weighted by Crippen LogP contribution is -2.33. The molecule has 11 heavy (non-hydrogen) atoms. The molecule has 1 aliphatic carbocycles. The first kappa shape index (κ1) is 8.81. The molecule has 1 saturated heterocycles. The molecule has 0 spiro atoms. The van der Waals surface area contributed by atoms with E-state index in [1.807, 2.05) is 0 Å². The number of hydrogen-bond donors (Lipinski definition) is 2. The maximum Gasteiger partial charge on any atom is 0.306 e. The van der Waals surface area contributed by atoms with Crippen molar-refractivity contribution in [2.75, 3.05) is 6.54 Å². The number of carboxylic acid groups (broad SMARTS) is 1. The van der Waals surface area contributed by atoms with Gasteiger partial charge in [-0.15, -0.1) is 12.4 Å². The fraction of sp³-hybridized carbons (Fsp3) is 0.857. The Balaban J connectivity index is 0.000000605. The summed E-state index contributed by atoms with van der Waals surface area (Å²) in [6.45, 7) is 0.918. The van der Waals surface area contributed by atoms with Crippen LogP contribution in [0, 0.1) is 11.8 Å². The average Bonchev–Trinajstić information content (AvgIpc) is 2.44. The number of rotatable bonds is 1. The Labute approximate surface area is 71.6 Å². The van der Waals surface area contributed by atoms with Crippen molar-refractivity contribution in [3.63, 3.8) is 0 Å². The number of nitrogens with one attached hydrogen (secondary N) is 1. The molecule has 1 saturated carbocycles. The summed E-state index contributed by atoms with van der Waals surface area (Å²) in [5.74, 6) is -0.234. The largest absolute Gasteiger partial charge is 0.481 e. The molecule has 2 fully saturated rings. The highest BCUT2D eigenvalue weighted by atomic mass is 35.5. The van der Waals surface area contributed by atoms with Crippen molar-refractivity contribution in [2.24, 2.45) is 11.8 Å². The molecule has 3 atom stereocenters. The van der Waals surface area contributed by atoms with Crippen LogP contribution in [0.25, 0.3) is 0 Å². The zero-order valence-corrected chi connectivity index (χ0v) is 6.93. The van der Waals surface area contributed by atoms with Crippen LogP contribution in [0.4, 0.5) is 0 Å². The number of fused-ring (bicyclic) bond motifs is 2. The maximum atomic E-state index is 10.6. The third-order valence-corrected chi connectivity index (χ3v) is 2.68. The van der Waals surface area contributed by atoms with Crippen LogP contribution in [-0.2, 0) is 4.79 Å². The molecule has 3 unspecified atom stereocenters. The van der Waals surface area contributed by atoms with Crippen molar-refractivity contribution in [2.45, 2.75) is 18.9 Å². The molecule has 0 aromatic heterocycles. The highest BCUT2D eigenvalue weighted by Gasteiger charge is 2.42. The molecule has 0 amide bonds. The van der Waals surface area contributed by atoms with Crippen LogP contribution < -0.4 is 5.32 Å². The Morgan fingerprint density at radius 2 is 2.18 bits per heavy atom. The highest BCUT2D eigenvalue weighted by molar-refractivity contribution is 5.85. The Kier molecular flexibility index (Phi) is 2.40. The van der Waals surface area contributed by atoms with Crippen molar-refractivity contribution in [1.82, 2.24) is 5.32 Å². The van der Waals surface area contributed by atoms with Gasteiger partial charge in [-0.2, -0.15) is 0 Å². The van der Waals surface area contributed by atoms with Crippen molar-refractivity contribution in [3.8, 4) is 0 Å². The molecule has 0 aromatic carbocycles.